The lowest BCUT2D eigenvalue weighted by molar-refractivity contribution is 0.519. The van der Waals surface area contributed by atoms with E-state index < -0.39 is 0 Å². The third-order valence-electron chi connectivity index (χ3n) is 2.26. The van der Waals surface area contributed by atoms with Gasteiger partial charge in [0.15, 0.2) is 0 Å². The minimum Gasteiger partial charge on any atom is -0.325 e. The van der Waals surface area contributed by atoms with Gasteiger partial charge >= 0.3 is 0 Å². The Morgan fingerprint density at radius 3 is 2.80 bits per heavy atom. The molecule has 0 amide bonds. The molecule has 0 aliphatic rings. The van der Waals surface area contributed by atoms with Gasteiger partial charge in [-0.2, -0.15) is 0 Å². The average Bonchev–Trinajstić information content (AvgIpc) is 2.46. The summed E-state index contributed by atoms with van der Waals surface area (Å²) in [5.74, 6) is 0. The number of halogens is 1. The molecule has 1 nitrogen and oxygen atoms in total. The first-order valence-electron chi connectivity index (χ1n) is 4.90. The van der Waals surface area contributed by atoms with Crippen LogP contribution in [-0.2, 0) is 6.42 Å². The second-order valence-corrected chi connectivity index (χ2v) is 5.91. The van der Waals surface area contributed by atoms with Crippen molar-refractivity contribution in [2.24, 2.45) is 5.73 Å². The zero-order valence-electron chi connectivity index (χ0n) is 8.88. The zero-order chi connectivity index (χ0) is 11.1. The maximum Gasteiger partial charge on any atom is 0.0413 e. The molecule has 0 aliphatic carbocycles. The molecule has 0 atom stereocenters. The zero-order valence-corrected chi connectivity index (χ0v) is 10.5. The van der Waals surface area contributed by atoms with Crippen molar-refractivity contribution in [1.29, 1.82) is 0 Å². The summed E-state index contributed by atoms with van der Waals surface area (Å²) < 4.78 is 1.28. The van der Waals surface area contributed by atoms with E-state index in [1.165, 1.54) is 15.6 Å². The van der Waals surface area contributed by atoms with Crippen molar-refractivity contribution >= 4 is 33.0 Å². The molecule has 1 heterocycles. The Hall–Kier alpha value is -0.570. The van der Waals surface area contributed by atoms with Crippen LogP contribution in [0.15, 0.2) is 23.6 Å². The Bertz CT molecular complexity index is 482. The summed E-state index contributed by atoms with van der Waals surface area (Å²) in [5.41, 5.74) is 7.15. The van der Waals surface area contributed by atoms with Gasteiger partial charge in [0.1, 0.15) is 0 Å². The van der Waals surface area contributed by atoms with Gasteiger partial charge in [0.25, 0.3) is 0 Å². The molecule has 1 aromatic heterocycles. The van der Waals surface area contributed by atoms with E-state index in [1.54, 1.807) is 11.3 Å². The molecule has 0 radical (unpaired) electrons. The molecule has 0 fully saturated rings. The number of hydrogen-bond donors (Lipinski definition) is 1. The van der Waals surface area contributed by atoms with Gasteiger partial charge in [-0.3, -0.25) is 0 Å². The van der Waals surface area contributed by atoms with E-state index in [9.17, 15) is 0 Å². The van der Waals surface area contributed by atoms with Crippen LogP contribution in [0.1, 0.15) is 19.4 Å². The monoisotopic (exact) mass is 239 g/mol. The molecule has 1 aromatic carbocycles. The molecule has 2 rings (SSSR count). The van der Waals surface area contributed by atoms with E-state index >= 15 is 0 Å². The van der Waals surface area contributed by atoms with E-state index in [2.05, 4.69) is 11.4 Å². The third-order valence-corrected chi connectivity index (χ3v) is 3.51. The summed E-state index contributed by atoms with van der Waals surface area (Å²) in [4.78, 5) is 0. The van der Waals surface area contributed by atoms with E-state index in [1.807, 2.05) is 26.0 Å². The largest absolute Gasteiger partial charge is 0.325 e. The van der Waals surface area contributed by atoms with Gasteiger partial charge in [0.2, 0.25) is 0 Å². The summed E-state index contributed by atoms with van der Waals surface area (Å²) in [6.07, 6.45) is 0.882. The summed E-state index contributed by atoms with van der Waals surface area (Å²) in [7, 11) is 0. The molecular weight excluding hydrogens is 226 g/mol. The van der Waals surface area contributed by atoms with Crippen LogP contribution in [0.25, 0.3) is 10.1 Å². The average molecular weight is 240 g/mol. The topological polar surface area (TPSA) is 26.0 Å². The molecule has 2 N–H and O–H groups in total. The standard InChI is InChI=1S/C12H14ClNS/c1-12(2,14)6-8-7-15-11-4-3-9(13)5-10(8)11/h3-5,7H,6,14H2,1-2H3. The van der Waals surface area contributed by atoms with Crippen molar-refractivity contribution in [3.63, 3.8) is 0 Å². The number of thiophene rings is 1. The lowest BCUT2D eigenvalue weighted by Gasteiger charge is -2.17. The van der Waals surface area contributed by atoms with Crippen LogP contribution in [0.5, 0.6) is 0 Å². The summed E-state index contributed by atoms with van der Waals surface area (Å²) in [5, 5.41) is 4.21. The Morgan fingerprint density at radius 1 is 1.40 bits per heavy atom. The smallest absolute Gasteiger partial charge is 0.0413 e. The molecule has 0 unspecified atom stereocenters. The number of benzene rings is 1. The predicted octanol–water partition coefficient (Wildman–Crippen LogP) is 3.83. The third kappa shape index (κ3) is 2.51. The molecule has 0 bridgehead atoms. The predicted molar refractivity (Wildman–Crippen MR) is 68.8 cm³/mol. The van der Waals surface area contributed by atoms with Crippen molar-refractivity contribution in [3.05, 3.63) is 34.2 Å². The fourth-order valence-corrected chi connectivity index (χ4v) is 2.80. The van der Waals surface area contributed by atoms with Crippen LogP contribution in [0.4, 0.5) is 0 Å². The van der Waals surface area contributed by atoms with Gasteiger partial charge < -0.3 is 5.73 Å². The molecule has 2 aromatic rings. The number of fused-ring (bicyclic) bond motifs is 1. The Balaban J connectivity index is 2.48. The van der Waals surface area contributed by atoms with Gasteiger partial charge in [-0.15, -0.1) is 11.3 Å². The minimum atomic E-state index is -0.170. The van der Waals surface area contributed by atoms with E-state index in [0.717, 1.165) is 11.4 Å². The highest BCUT2D eigenvalue weighted by atomic mass is 35.5. The normalized spacial score (nSPS) is 12.3. The highest BCUT2D eigenvalue weighted by molar-refractivity contribution is 7.17. The van der Waals surface area contributed by atoms with Crippen LogP contribution in [-0.4, -0.2) is 5.54 Å². The van der Waals surface area contributed by atoms with Crippen LogP contribution >= 0.6 is 22.9 Å². The lowest BCUT2D eigenvalue weighted by Crippen LogP contribution is -2.34. The highest BCUT2D eigenvalue weighted by Gasteiger charge is 2.14. The molecule has 0 spiro atoms. The Labute approximate surface area is 98.9 Å². The van der Waals surface area contributed by atoms with Gasteiger partial charge in [-0.1, -0.05) is 11.6 Å². The van der Waals surface area contributed by atoms with Gasteiger partial charge in [-0.05, 0) is 54.8 Å². The molecule has 15 heavy (non-hydrogen) atoms. The fraction of sp³-hybridized carbons (Fsp3) is 0.333. The maximum absolute atomic E-state index is 6.03. The maximum atomic E-state index is 6.03. The van der Waals surface area contributed by atoms with Gasteiger partial charge in [0, 0.05) is 15.3 Å². The molecule has 3 heteroatoms. The summed E-state index contributed by atoms with van der Waals surface area (Å²) in [6, 6.07) is 6.02. The van der Waals surface area contributed by atoms with Crippen molar-refractivity contribution in [2.75, 3.05) is 0 Å². The second-order valence-electron chi connectivity index (χ2n) is 4.57. The molecular formula is C12H14ClNS. The molecule has 80 valence electrons. The van der Waals surface area contributed by atoms with Crippen molar-refractivity contribution < 1.29 is 0 Å². The van der Waals surface area contributed by atoms with Crippen molar-refractivity contribution in [3.8, 4) is 0 Å². The first-order chi connectivity index (χ1) is 6.96. The second kappa shape index (κ2) is 3.78. The van der Waals surface area contributed by atoms with Crippen molar-refractivity contribution in [2.45, 2.75) is 25.8 Å². The van der Waals surface area contributed by atoms with E-state index in [0.29, 0.717) is 0 Å². The van der Waals surface area contributed by atoms with Crippen LogP contribution in [0.2, 0.25) is 5.02 Å². The lowest BCUT2D eigenvalue weighted by atomic mass is 9.96. The summed E-state index contributed by atoms with van der Waals surface area (Å²) >= 11 is 7.74. The number of rotatable bonds is 2. The van der Waals surface area contributed by atoms with Gasteiger partial charge in [-0.25, -0.2) is 0 Å². The van der Waals surface area contributed by atoms with E-state index in [4.69, 9.17) is 17.3 Å². The minimum absolute atomic E-state index is 0.170. The SMILES string of the molecule is CC(C)(N)Cc1csc2ccc(Cl)cc12. The quantitative estimate of drug-likeness (QED) is 0.847. The Kier molecular flexibility index (Phi) is 2.75. The van der Waals surface area contributed by atoms with Crippen LogP contribution in [0, 0.1) is 0 Å². The van der Waals surface area contributed by atoms with Crippen molar-refractivity contribution in [1.82, 2.24) is 0 Å². The summed E-state index contributed by atoms with van der Waals surface area (Å²) in [6.45, 7) is 4.09. The Morgan fingerprint density at radius 2 is 2.13 bits per heavy atom. The molecule has 0 saturated heterocycles. The molecule has 0 aliphatic heterocycles. The number of hydrogen-bond acceptors (Lipinski definition) is 2. The molecule has 0 saturated carbocycles. The van der Waals surface area contributed by atoms with Gasteiger partial charge in [0.05, 0.1) is 0 Å². The fourth-order valence-electron chi connectivity index (χ4n) is 1.68. The van der Waals surface area contributed by atoms with E-state index in [-0.39, 0.29) is 5.54 Å². The number of nitrogens with two attached hydrogens (primary N) is 1. The highest BCUT2D eigenvalue weighted by Crippen LogP contribution is 2.30. The van der Waals surface area contributed by atoms with Crippen LogP contribution < -0.4 is 5.73 Å². The first-order valence-corrected chi connectivity index (χ1v) is 6.16. The first kappa shape index (κ1) is 10.9. The van der Waals surface area contributed by atoms with Crippen LogP contribution in [0.3, 0.4) is 0 Å².